The van der Waals surface area contributed by atoms with E-state index in [1.807, 2.05) is 12.1 Å². The number of anilines is 1. The lowest BCUT2D eigenvalue weighted by molar-refractivity contribution is -0.124. The number of carbonyl (C=O) groups excluding carboxylic acids is 1. The Morgan fingerprint density at radius 1 is 1.14 bits per heavy atom. The Kier molecular flexibility index (Phi) is 5.76. The zero-order chi connectivity index (χ0) is 20.5. The molecule has 3 aliphatic heterocycles. The Morgan fingerprint density at radius 2 is 1.86 bits per heavy atom. The molecule has 0 bridgehead atoms. The van der Waals surface area contributed by atoms with Gasteiger partial charge < -0.3 is 20.1 Å². The highest BCUT2D eigenvalue weighted by Gasteiger charge is 2.47. The molecule has 1 amide bonds. The summed E-state index contributed by atoms with van der Waals surface area (Å²) in [6, 6.07) is 8.49. The van der Waals surface area contributed by atoms with Crippen molar-refractivity contribution in [3.8, 4) is 5.75 Å². The maximum atomic E-state index is 12.2. The SMILES string of the molecule is COc1ccc(N2CCC(O)(CN3CC[C@]4(C)NC(=O)CCCC[C@H]34)CC2)cc1. The Labute approximate surface area is 174 Å². The number of β-amino-alcohol motifs (C(OH)–C–C–N with tert-alkyl or cyclic N) is 1. The van der Waals surface area contributed by atoms with Crippen molar-refractivity contribution in [3.05, 3.63) is 24.3 Å². The average Bonchev–Trinajstić information content (AvgIpc) is 2.98. The second-order valence-electron chi connectivity index (χ2n) is 9.36. The number of hydrogen-bond donors (Lipinski definition) is 2. The lowest BCUT2D eigenvalue weighted by atomic mass is 9.85. The van der Waals surface area contributed by atoms with Gasteiger partial charge in [-0.2, -0.15) is 0 Å². The minimum Gasteiger partial charge on any atom is -0.497 e. The summed E-state index contributed by atoms with van der Waals surface area (Å²) >= 11 is 0. The quantitative estimate of drug-likeness (QED) is 0.812. The van der Waals surface area contributed by atoms with Crippen molar-refractivity contribution in [3.63, 3.8) is 0 Å². The molecule has 0 radical (unpaired) electrons. The van der Waals surface area contributed by atoms with Crippen LogP contribution in [0.1, 0.15) is 51.9 Å². The van der Waals surface area contributed by atoms with Crippen LogP contribution >= 0.6 is 0 Å². The van der Waals surface area contributed by atoms with E-state index >= 15 is 0 Å². The fourth-order valence-electron chi connectivity index (χ4n) is 5.45. The van der Waals surface area contributed by atoms with Crippen LogP contribution in [0.15, 0.2) is 24.3 Å². The van der Waals surface area contributed by atoms with Gasteiger partial charge in [-0.05, 0) is 63.3 Å². The number of aliphatic hydroxyl groups is 1. The third-order valence-corrected chi connectivity index (χ3v) is 7.28. The number of fused-ring (bicyclic) bond motifs is 1. The number of hydrogen-bond acceptors (Lipinski definition) is 5. The average molecular weight is 402 g/mol. The van der Waals surface area contributed by atoms with E-state index < -0.39 is 5.60 Å². The van der Waals surface area contributed by atoms with E-state index in [0.29, 0.717) is 19.0 Å². The first kappa shape index (κ1) is 20.5. The van der Waals surface area contributed by atoms with Gasteiger partial charge in [0.25, 0.3) is 0 Å². The number of likely N-dealkylation sites (tertiary alicyclic amines) is 1. The van der Waals surface area contributed by atoms with E-state index in [0.717, 1.165) is 63.9 Å². The number of piperidine rings is 1. The summed E-state index contributed by atoms with van der Waals surface area (Å²) in [4.78, 5) is 17.0. The molecule has 6 heteroatoms. The van der Waals surface area contributed by atoms with E-state index in [9.17, 15) is 9.90 Å². The van der Waals surface area contributed by atoms with Crippen molar-refractivity contribution >= 4 is 11.6 Å². The van der Waals surface area contributed by atoms with Crippen LogP contribution in [0.2, 0.25) is 0 Å². The minimum atomic E-state index is -0.652. The van der Waals surface area contributed by atoms with Crippen LogP contribution in [-0.4, -0.2) is 66.4 Å². The molecule has 2 N–H and O–H groups in total. The summed E-state index contributed by atoms with van der Waals surface area (Å²) in [5, 5.41) is 14.6. The summed E-state index contributed by atoms with van der Waals surface area (Å²) in [7, 11) is 1.68. The summed E-state index contributed by atoms with van der Waals surface area (Å²) in [6.07, 6.45) is 6.31. The molecule has 0 aliphatic carbocycles. The van der Waals surface area contributed by atoms with Gasteiger partial charge in [-0.1, -0.05) is 6.42 Å². The molecule has 1 aromatic rings. The van der Waals surface area contributed by atoms with Crippen LogP contribution in [0.5, 0.6) is 5.75 Å². The smallest absolute Gasteiger partial charge is 0.220 e. The van der Waals surface area contributed by atoms with E-state index in [2.05, 4.69) is 34.2 Å². The third-order valence-electron chi connectivity index (χ3n) is 7.28. The van der Waals surface area contributed by atoms with Gasteiger partial charge in [-0.25, -0.2) is 0 Å². The number of rotatable bonds is 4. The number of nitrogens with zero attached hydrogens (tertiary/aromatic N) is 2. The Hall–Kier alpha value is -1.79. The molecule has 1 aromatic carbocycles. The van der Waals surface area contributed by atoms with Crippen LogP contribution < -0.4 is 15.0 Å². The first-order chi connectivity index (χ1) is 13.9. The Bertz CT molecular complexity index is 715. The first-order valence-corrected chi connectivity index (χ1v) is 11.1. The minimum absolute atomic E-state index is 0.155. The molecule has 6 nitrogen and oxygen atoms in total. The van der Waals surface area contributed by atoms with E-state index in [1.54, 1.807) is 7.11 Å². The third kappa shape index (κ3) is 4.38. The highest BCUT2D eigenvalue weighted by molar-refractivity contribution is 5.77. The number of ether oxygens (including phenoxy) is 1. The second-order valence-corrected chi connectivity index (χ2v) is 9.36. The number of amides is 1. The molecule has 160 valence electrons. The van der Waals surface area contributed by atoms with E-state index in [4.69, 9.17) is 4.74 Å². The lowest BCUT2D eigenvalue weighted by Gasteiger charge is -2.44. The maximum absolute atomic E-state index is 12.2. The van der Waals surface area contributed by atoms with Crippen LogP contribution in [0.25, 0.3) is 0 Å². The highest BCUT2D eigenvalue weighted by Crippen LogP contribution is 2.36. The van der Waals surface area contributed by atoms with Crippen LogP contribution in [-0.2, 0) is 4.79 Å². The van der Waals surface area contributed by atoms with Gasteiger partial charge in [0, 0.05) is 44.3 Å². The van der Waals surface area contributed by atoms with Crippen molar-refractivity contribution in [2.24, 2.45) is 0 Å². The summed E-state index contributed by atoms with van der Waals surface area (Å²) in [5.74, 6) is 1.05. The standard InChI is InChI=1S/C23H35N3O3/c1-22-11-14-26(20(22)5-3-4-6-21(27)24-22)17-23(28)12-15-25(16-13-23)18-7-9-19(29-2)10-8-18/h7-10,20,28H,3-6,11-17H2,1-2H3,(H,24,27)/t20-,22-/m0/s1. The molecule has 0 unspecified atom stereocenters. The van der Waals surface area contributed by atoms with Gasteiger partial charge in [-0.3, -0.25) is 9.69 Å². The summed E-state index contributed by atoms with van der Waals surface area (Å²) < 4.78 is 5.25. The summed E-state index contributed by atoms with van der Waals surface area (Å²) in [5.41, 5.74) is 0.377. The fourth-order valence-corrected chi connectivity index (χ4v) is 5.45. The number of benzene rings is 1. The second kappa shape index (κ2) is 8.15. The van der Waals surface area contributed by atoms with Crippen LogP contribution in [0.4, 0.5) is 5.69 Å². The predicted molar refractivity (Wildman–Crippen MR) is 114 cm³/mol. The van der Waals surface area contributed by atoms with E-state index in [-0.39, 0.29) is 11.4 Å². The summed E-state index contributed by atoms with van der Waals surface area (Å²) in [6.45, 7) is 5.56. The van der Waals surface area contributed by atoms with Crippen molar-refractivity contribution in [1.82, 2.24) is 10.2 Å². The molecule has 0 aromatic heterocycles. The lowest BCUT2D eigenvalue weighted by Crippen LogP contribution is -2.58. The normalized spacial score (nSPS) is 30.2. The van der Waals surface area contributed by atoms with Crippen molar-refractivity contribution in [2.75, 3.05) is 38.2 Å². The Morgan fingerprint density at radius 3 is 2.55 bits per heavy atom. The van der Waals surface area contributed by atoms with Crippen LogP contribution in [0.3, 0.4) is 0 Å². The molecule has 4 rings (SSSR count). The van der Waals surface area contributed by atoms with Gasteiger partial charge in [0.15, 0.2) is 0 Å². The van der Waals surface area contributed by atoms with Gasteiger partial charge in [0.05, 0.1) is 18.2 Å². The molecule has 3 fully saturated rings. The molecule has 2 atom stereocenters. The van der Waals surface area contributed by atoms with Crippen molar-refractivity contribution in [1.29, 1.82) is 0 Å². The molecular weight excluding hydrogens is 366 g/mol. The van der Waals surface area contributed by atoms with Gasteiger partial charge in [0.2, 0.25) is 5.91 Å². The number of carbonyl (C=O) groups is 1. The van der Waals surface area contributed by atoms with Gasteiger partial charge >= 0.3 is 0 Å². The monoisotopic (exact) mass is 401 g/mol. The first-order valence-electron chi connectivity index (χ1n) is 11.1. The highest BCUT2D eigenvalue weighted by atomic mass is 16.5. The van der Waals surface area contributed by atoms with Crippen molar-refractivity contribution < 1.29 is 14.6 Å². The number of methoxy groups -OCH3 is 1. The fraction of sp³-hybridized carbons (Fsp3) is 0.696. The molecule has 3 saturated heterocycles. The van der Waals surface area contributed by atoms with Gasteiger partial charge in [-0.15, -0.1) is 0 Å². The van der Waals surface area contributed by atoms with E-state index in [1.165, 1.54) is 5.69 Å². The molecule has 3 aliphatic rings. The number of nitrogens with one attached hydrogen (secondary N) is 1. The largest absolute Gasteiger partial charge is 0.497 e. The van der Waals surface area contributed by atoms with Crippen LogP contribution in [0, 0.1) is 0 Å². The molecule has 0 spiro atoms. The maximum Gasteiger partial charge on any atom is 0.220 e. The zero-order valence-corrected chi connectivity index (χ0v) is 17.8. The molecule has 29 heavy (non-hydrogen) atoms. The molecule has 0 saturated carbocycles. The Balaban J connectivity index is 1.37. The topological polar surface area (TPSA) is 65.0 Å². The van der Waals surface area contributed by atoms with Crippen molar-refractivity contribution in [2.45, 2.75) is 69.1 Å². The molecular formula is C23H35N3O3. The zero-order valence-electron chi connectivity index (χ0n) is 17.8. The molecule has 3 heterocycles. The predicted octanol–water partition coefficient (Wildman–Crippen LogP) is 2.55. The van der Waals surface area contributed by atoms with Gasteiger partial charge in [0.1, 0.15) is 5.75 Å².